The predicted molar refractivity (Wildman–Crippen MR) is 352 cm³/mol. The van der Waals surface area contributed by atoms with Gasteiger partial charge in [0.25, 0.3) is 0 Å². The Morgan fingerprint density at radius 2 is 1.24 bits per heavy atom. The Morgan fingerprint density at radius 3 is 1.81 bits per heavy atom. The molecular weight excluding hydrogens is 1250 g/mol. The van der Waals surface area contributed by atoms with Gasteiger partial charge in [0.1, 0.15) is 53.9 Å². The SMILES string of the molecule is CC[C@H](C)[C@@H]1NC(=O)[C@H](CC(C)C)N(C)C(=O)C[C@@H](C)N(C)C(=O)[C@H]([C@@H](C)CC)N(C)C(=O)C2(CCCC2)NC(=O)[C@@H]2CCCN2C(=O)[C@H](CCc2ccc(C(F)(F)F)c(Cl)c2)NC(=O)CN(C)C(=O)[C@H](Cc2ccc(C)cc2)N(C)C(=O)[C@@H]2CCN2C(=O)[C@H](C)N(C)C1=O. The van der Waals surface area contributed by atoms with E-state index in [1.54, 1.807) is 33.0 Å². The molecule has 1 spiro atoms. The van der Waals surface area contributed by atoms with Crippen molar-refractivity contribution in [1.29, 1.82) is 0 Å². The van der Waals surface area contributed by atoms with E-state index < -0.39 is 160 Å². The van der Waals surface area contributed by atoms with Gasteiger partial charge in [-0.2, -0.15) is 13.2 Å². The van der Waals surface area contributed by atoms with E-state index in [1.165, 1.54) is 82.5 Å². The quantitative estimate of drug-likeness (QED) is 0.235. The average molecular weight is 1350 g/mol. The molecule has 3 saturated heterocycles. The van der Waals surface area contributed by atoms with Gasteiger partial charge in [-0.25, -0.2) is 0 Å². The molecule has 1 saturated carbocycles. The summed E-state index contributed by atoms with van der Waals surface area (Å²) in [6.45, 7) is 15.7. The van der Waals surface area contributed by atoms with E-state index in [4.69, 9.17) is 11.6 Å². The fourth-order valence-electron chi connectivity index (χ4n) is 13.4. The van der Waals surface area contributed by atoms with Gasteiger partial charge in [0.05, 0.1) is 17.1 Å². The smallest absolute Gasteiger partial charge is 0.343 e. The standard InChI is InChI=1S/C69H101ClF3N11O11/c1-16-42(6)57-65(93)79(12)45(9)61(89)84-34-30-52(84)64(92)81(14)54(38-47-24-22-41(5)23-25-47)63(91)77(10)39-55(85)74-50(29-27-46-26-28-48(49(70)37-46)69(71,72)73)62(90)83-33-20-21-51(83)60(88)76-68(31-18-19-32-68)67(95)82(15)58(43(7)17-2)66(94)78(11)44(8)36-56(86)80(13)53(35-40(3)4)59(87)75-57/h22-26,28,37,40,42-45,50-54,57-58H,16-21,27,29-36,38-39H2,1-15H3,(H,74,85)(H,75,87)(H,76,88)/t42-,43-,44+,45-,50-,51-,52-,53-,54-,57-,58-/m0/s1. The van der Waals surface area contributed by atoms with Crippen molar-refractivity contribution in [3.63, 3.8) is 0 Å². The lowest BCUT2D eigenvalue weighted by molar-refractivity contribution is -0.160. The number of hydrogen-bond acceptors (Lipinski definition) is 11. The molecule has 0 aromatic heterocycles. The maximum absolute atomic E-state index is 15.3. The number of carbonyl (C=O) groups excluding carboxylic acids is 11. The Bertz CT molecular complexity index is 3150. The van der Waals surface area contributed by atoms with E-state index in [1.807, 2.05) is 53.7 Å². The number of fused-ring (bicyclic) bond motifs is 2. The fraction of sp³-hybridized carbons (Fsp3) is 0.667. The summed E-state index contributed by atoms with van der Waals surface area (Å²) < 4.78 is 41.5. The van der Waals surface area contributed by atoms with E-state index in [0.717, 1.165) is 22.6 Å². The number of rotatable bonds is 11. The van der Waals surface area contributed by atoms with Crippen LogP contribution in [0.25, 0.3) is 0 Å². The van der Waals surface area contributed by atoms with Crippen LogP contribution in [0.1, 0.15) is 155 Å². The maximum atomic E-state index is 15.3. The second-order valence-corrected chi connectivity index (χ2v) is 27.9. The molecule has 1 aliphatic carbocycles. The summed E-state index contributed by atoms with van der Waals surface area (Å²) in [7, 11) is 8.76. The third-order valence-corrected chi connectivity index (χ3v) is 20.6. The van der Waals surface area contributed by atoms with Gasteiger partial charge in [0.2, 0.25) is 65.0 Å². The van der Waals surface area contributed by atoms with Crippen molar-refractivity contribution in [1.82, 2.24) is 55.1 Å². The third-order valence-electron chi connectivity index (χ3n) is 20.3. The number of benzene rings is 2. The molecular formula is C69H101ClF3N11O11. The molecule has 3 aliphatic heterocycles. The van der Waals surface area contributed by atoms with Gasteiger partial charge in [0.15, 0.2) is 0 Å². The molecule has 95 heavy (non-hydrogen) atoms. The van der Waals surface area contributed by atoms with Crippen LogP contribution in [0.3, 0.4) is 0 Å². The van der Waals surface area contributed by atoms with Crippen molar-refractivity contribution < 1.29 is 65.9 Å². The van der Waals surface area contributed by atoms with Gasteiger partial charge >= 0.3 is 6.18 Å². The number of alkyl halides is 3. The molecule has 2 aromatic carbocycles. The summed E-state index contributed by atoms with van der Waals surface area (Å²) in [6, 6.07) is 0.299. The third kappa shape index (κ3) is 18.0. The zero-order valence-electron chi connectivity index (χ0n) is 58.1. The molecule has 4 aliphatic rings. The van der Waals surface area contributed by atoms with Crippen molar-refractivity contribution in [2.24, 2.45) is 17.8 Å². The monoisotopic (exact) mass is 1350 g/mol. The first-order valence-corrected chi connectivity index (χ1v) is 33.9. The highest BCUT2D eigenvalue weighted by atomic mass is 35.5. The summed E-state index contributed by atoms with van der Waals surface area (Å²) in [4.78, 5) is 173. The van der Waals surface area contributed by atoms with E-state index in [0.29, 0.717) is 43.2 Å². The van der Waals surface area contributed by atoms with Crippen molar-refractivity contribution >= 4 is 76.6 Å². The molecule has 11 amide bonds. The van der Waals surface area contributed by atoms with Crippen LogP contribution in [0.2, 0.25) is 5.02 Å². The highest BCUT2D eigenvalue weighted by Crippen LogP contribution is 2.37. The van der Waals surface area contributed by atoms with Crippen molar-refractivity contribution in [3.05, 3.63) is 69.7 Å². The molecule has 22 nitrogen and oxygen atoms in total. The molecule has 0 radical (unpaired) electrons. The largest absolute Gasteiger partial charge is 0.417 e. The van der Waals surface area contributed by atoms with Gasteiger partial charge in [-0.05, 0) is 113 Å². The Labute approximate surface area is 563 Å². The zero-order chi connectivity index (χ0) is 70.9. The topological polar surface area (TPSA) is 250 Å². The van der Waals surface area contributed by atoms with Crippen LogP contribution in [-0.2, 0) is 71.8 Å². The van der Waals surface area contributed by atoms with Gasteiger partial charge in [-0.15, -0.1) is 0 Å². The van der Waals surface area contributed by atoms with Gasteiger partial charge in [-0.3, -0.25) is 52.7 Å². The second-order valence-electron chi connectivity index (χ2n) is 27.5. The first-order chi connectivity index (χ1) is 44.5. The highest BCUT2D eigenvalue weighted by molar-refractivity contribution is 6.31. The highest BCUT2D eigenvalue weighted by Gasteiger charge is 2.51. The minimum absolute atomic E-state index is 0.0300. The van der Waals surface area contributed by atoms with E-state index in [9.17, 15) is 56.3 Å². The molecule has 4 fully saturated rings. The predicted octanol–water partition coefficient (Wildman–Crippen LogP) is 6.01. The van der Waals surface area contributed by atoms with Crippen LogP contribution in [0.5, 0.6) is 0 Å². The summed E-state index contributed by atoms with van der Waals surface area (Å²) in [5, 5.41) is 8.14. The average Bonchev–Trinajstić information content (AvgIpc) is 1.77. The number of aryl methyl sites for hydroxylation is 2. The molecule has 0 bridgehead atoms. The van der Waals surface area contributed by atoms with Gasteiger partial charge in [0, 0.05) is 74.3 Å². The Morgan fingerprint density at radius 1 is 0.632 bits per heavy atom. The van der Waals surface area contributed by atoms with Crippen LogP contribution in [0.15, 0.2) is 42.5 Å². The van der Waals surface area contributed by atoms with Crippen molar-refractivity contribution in [2.45, 2.75) is 218 Å². The number of nitrogens with one attached hydrogen (secondary N) is 3. The molecule has 6 rings (SSSR count). The summed E-state index contributed by atoms with van der Waals surface area (Å²) in [5.74, 6) is -7.72. The number of nitrogens with zero attached hydrogens (tertiary/aromatic N) is 8. The molecule has 3 N–H and O–H groups in total. The first kappa shape index (κ1) is 76.7. The number of carbonyl (C=O) groups is 11. The molecule has 526 valence electrons. The first-order valence-electron chi connectivity index (χ1n) is 33.5. The minimum atomic E-state index is -4.75. The number of likely N-dealkylation sites (N-methyl/N-ethyl adjacent to an activating group) is 6. The number of hydrogen-bond donors (Lipinski definition) is 3. The van der Waals surface area contributed by atoms with Crippen LogP contribution < -0.4 is 16.0 Å². The molecule has 2 aromatic rings. The van der Waals surface area contributed by atoms with Crippen LogP contribution in [0.4, 0.5) is 13.2 Å². The lowest BCUT2D eigenvalue weighted by Crippen LogP contribution is -2.65. The normalized spacial score (nSPS) is 26.8. The fourth-order valence-corrected chi connectivity index (χ4v) is 13.7. The van der Waals surface area contributed by atoms with Crippen molar-refractivity contribution in [3.8, 4) is 0 Å². The lowest BCUT2D eigenvalue weighted by atomic mass is 9.90. The summed E-state index contributed by atoms with van der Waals surface area (Å²) in [6.07, 6.45) is -2.00. The van der Waals surface area contributed by atoms with E-state index in [-0.39, 0.29) is 76.8 Å². The van der Waals surface area contributed by atoms with Gasteiger partial charge in [-0.1, -0.05) is 115 Å². The molecule has 3 heterocycles. The zero-order valence-corrected chi connectivity index (χ0v) is 58.8. The Kier molecular flexibility index (Phi) is 26.3. The Balaban J connectivity index is 1.41. The van der Waals surface area contributed by atoms with E-state index in [2.05, 4.69) is 16.0 Å². The van der Waals surface area contributed by atoms with Crippen LogP contribution >= 0.6 is 11.6 Å². The van der Waals surface area contributed by atoms with E-state index >= 15 is 9.59 Å². The lowest BCUT2D eigenvalue weighted by Gasteiger charge is -2.45. The van der Waals surface area contributed by atoms with Crippen LogP contribution in [-0.4, -0.2) is 226 Å². The second kappa shape index (κ2) is 32.6. The summed E-state index contributed by atoms with van der Waals surface area (Å²) in [5.41, 5.74) is -0.694. The molecule has 11 atom stereocenters. The van der Waals surface area contributed by atoms with Gasteiger partial charge < -0.3 is 55.1 Å². The molecule has 26 heteroatoms. The maximum Gasteiger partial charge on any atom is 0.417 e. The summed E-state index contributed by atoms with van der Waals surface area (Å²) >= 11 is 6.14. The Hall–Kier alpha value is -7.31. The minimum Gasteiger partial charge on any atom is -0.343 e. The number of amides is 11. The number of halogens is 4. The van der Waals surface area contributed by atoms with Crippen molar-refractivity contribution in [2.75, 3.05) is 61.9 Å². The van der Waals surface area contributed by atoms with Crippen LogP contribution in [0, 0.1) is 24.7 Å². The molecule has 0 unspecified atom stereocenters.